The number of halogens is 3. The van der Waals surface area contributed by atoms with E-state index in [1.165, 1.54) is 18.2 Å². The number of hydrogen-bond acceptors (Lipinski definition) is 2. The van der Waals surface area contributed by atoms with Crippen LogP contribution in [0.4, 0.5) is 8.78 Å². The summed E-state index contributed by atoms with van der Waals surface area (Å²) in [6.07, 6.45) is 0.0692. The lowest BCUT2D eigenvalue weighted by atomic mass is 10.0. The van der Waals surface area contributed by atoms with Crippen LogP contribution in [0.25, 0.3) is 0 Å². The van der Waals surface area contributed by atoms with Crippen molar-refractivity contribution in [3.8, 4) is 11.5 Å². The number of fused-ring (bicyclic) bond motifs is 1. The molecule has 0 saturated carbocycles. The van der Waals surface area contributed by atoms with Crippen LogP contribution < -0.4 is 9.47 Å². The van der Waals surface area contributed by atoms with Crippen molar-refractivity contribution >= 4 is 11.6 Å². The van der Waals surface area contributed by atoms with Crippen LogP contribution in [-0.2, 0) is 6.42 Å². The van der Waals surface area contributed by atoms with E-state index in [0.717, 1.165) is 5.56 Å². The number of alkyl halides is 1. The Morgan fingerprint density at radius 3 is 2.50 bits per heavy atom. The Labute approximate surface area is 119 Å². The maximum Gasteiger partial charge on any atom is 0.231 e. The van der Waals surface area contributed by atoms with Gasteiger partial charge in [0, 0.05) is 5.56 Å². The fourth-order valence-electron chi connectivity index (χ4n) is 2.13. The van der Waals surface area contributed by atoms with Crippen molar-refractivity contribution in [2.24, 2.45) is 0 Å². The van der Waals surface area contributed by atoms with Crippen LogP contribution in [0.3, 0.4) is 0 Å². The highest BCUT2D eigenvalue weighted by Gasteiger charge is 2.19. The summed E-state index contributed by atoms with van der Waals surface area (Å²) in [5, 5.41) is -0.545. The first-order valence-electron chi connectivity index (χ1n) is 6.11. The van der Waals surface area contributed by atoms with E-state index in [0.29, 0.717) is 11.5 Å². The first-order valence-corrected chi connectivity index (χ1v) is 6.55. The van der Waals surface area contributed by atoms with Gasteiger partial charge in [0.25, 0.3) is 0 Å². The summed E-state index contributed by atoms with van der Waals surface area (Å²) in [6.45, 7) is 0.174. The average Bonchev–Trinajstić information content (AvgIpc) is 2.90. The van der Waals surface area contributed by atoms with Crippen LogP contribution in [0.2, 0.25) is 0 Å². The van der Waals surface area contributed by atoms with Crippen LogP contribution in [-0.4, -0.2) is 6.79 Å². The molecular formula is C15H11ClF2O2. The first kappa shape index (κ1) is 13.2. The normalized spacial score (nSPS) is 14.3. The Kier molecular flexibility index (Phi) is 3.49. The Bertz CT molecular complexity index is 626. The molecule has 0 amide bonds. The third-order valence-corrected chi connectivity index (χ3v) is 3.61. The SMILES string of the molecule is Fc1cccc(F)c1CC(Cl)c1ccc2c(c1)OCO2. The minimum absolute atomic E-state index is 0.00910. The summed E-state index contributed by atoms with van der Waals surface area (Å²) in [7, 11) is 0. The Balaban J connectivity index is 1.84. The Morgan fingerprint density at radius 1 is 1.05 bits per heavy atom. The molecule has 0 saturated heterocycles. The maximum absolute atomic E-state index is 13.6. The highest BCUT2D eigenvalue weighted by molar-refractivity contribution is 6.21. The summed E-state index contributed by atoms with van der Waals surface area (Å²) >= 11 is 6.26. The first-order chi connectivity index (χ1) is 9.65. The van der Waals surface area contributed by atoms with E-state index in [-0.39, 0.29) is 18.8 Å². The number of hydrogen-bond donors (Lipinski definition) is 0. The summed E-state index contributed by atoms with van der Waals surface area (Å²) < 4.78 is 37.7. The van der Waals surface area contributed by atoms with Crippen LogP contribution in [0, 0.1) is 11.6 Å². The molecule has 0 aromatic heterocycles. The van der Waals surface area contributed by atoms with E-state index >= 15 is 0 Å². The monoisotopic (exact) mass is 296 g/mol. The summed E-state index contributed by atoms with van der Waals surface area (Å²) in [6, 6.07) is 9.02. The summed E-state index contributed by atoms with van der Waals surface area (Å²) in [5.41, 5.74) is 0.726. The van der Waals surface area contributed by atoms with Crippen molar-refractivity contribution in [1.29, 1.82) is 0 Å². The largest absolute Gasteiger partial charge is 0.454 e. The molecule has 104 valence electrons. The van der Waals surface area contributed by atoms with Gasteiger partial charge >= 0.3 is 0 Å². The van der Waals surface area contributed by atoms with Gasteiger partial charge in [0.1, 0.15) is 11.6 Å². The molecule has 3 rings (SSSR count). The average molecular weight is 297 g/mol. The fraction of sp³-hybridized carbons (Fsp3) is 0.200. The molecule has 2 aromatic carbocycles. The van der Waals surface area contributed by atoms with Crippen LogP contribution in [0.15, 0.2) is 36.4 Å². The topological polar surface area (TPSA) is 18.5 Å². The third-order valence-electron chi connectivity index (χ3n) is 3.20. The zero-order valence-corrected chi connectivity index (χ0v) is 11.2. The number of benzene rings is 2. The molecule has 0 N–H and O–H groups in total. The van der Waals surface area contributed by atoms with E-state index in [9.17, 15) is 8.78 Å². The zero-order valence-electron chi connectivity index (χ0n) is 10.4. The van der Waals surface area contributed by atoms with E-state index in [4.69, 9.17) is 21.1 Å². The van der Waals surface area contributed by atoms with Gasteiger partial charge in [0.05, 0.1) is 5.38 Å². The molecule has 0 bridgehead atoms. The predicted octanol–water partition coefficient (Wildman–Crippen LogP) is 4.22. The number of rotatable bonds is 3. The minimum atomic E-state index is -0.587. The summed E-state index contributed by atoms with van der Waals surface area (Å²) in [4.78, 5) is 0. The third kappa shape index (κ3) is 2.43. The van der Waals surface area contributed by atoms with E-state index in [1.54, 1.807) is 18.2 Å². The molecule has 1 heterocycles. The highest BCUT2D eigenvalue weighted by Crippen LogP contribution is 2.37. The maximum atomic E-state index is 13.6. The summed E-state index contributed by atoms with van der Waals surface area (Å²) in [5.74, 6) is 0.0737. The van der Waals surface area contributed by atoms with Gasteiger partial charge in [-0.2, -0.15) is 0 Å². The molecule has 0 spiro atoms. The van der Waals surface area contributed by atoms with Crippen LogP contribution in [0.1, 0.15) is 16.5 Å². The van der Waals surface area contributed by atoms with Gasteiger partial charge in [-0.25, -0.2) is 8.78 Å². The second-order valence-corrected chi connectivity index (χ2v) is 5.01. The lowest BCUT2D eigenvalue weighted by Crippen LogP contribution is -2.01. The van der Waals surface area contributed by atoms with E-state index in [2.05, 4.69) is 0 Å². The molecule has 1 aliphatic heterocycles. The van der Waals surface area contributed by atoms with Crippen molar-refractivity contribution in [2.45, 2.75) is 11.8 Å². The molecule has 2 nitrogen and oxygen atoms in total. The standard InChI is InChI=1S/C15H11ClF2O2/c16-11(7-10-12(17)2-1-3-13(10)18)9-4-5-14-15(6-9)20-8-19-14/h1-6,11H,7-8H2. The van der Waals surface area contributed by atoms with Gasteiger partial charge in [-0.1, -0.05) is 12.1 Å². The second-order valence-electron chi connectivity index (χ2n) is 4.48. The second kappa shape index (κ2) is 5.29. The van der Waals surface area contributed by atoms with Gasteiger partial charge in [-0.15, -0.1) is 11.6 Å². The Morgan fingerprint density at radius 2 is 1.75 bits per heavy atom. The van der Waals surface area contributed by atoms with Crippen molar-refractivity contribution in [2.75, 3.05) is 6.79 Å². The van der Waals surface area contributed by atoms with Crippen molar-refractivity contribution in [3.63, 3.8) is 0 Å². The smallest absolute Gasteiger partial charge is 0.231 e. The van der Waals surface area contributed by atoms with E-state index < -0.39 is 17.0 Å². The van der Waals surface area contributed by atoms with Crippen molar-refractivity contribution in [1.82, 2.24) is 0 Å². The minimum Gasteiger partial charge on any atom is -0.454 e. The van der Waals surface area contributed by atoms with Gasteiger partial charge in [-0.3, -0.25) is 0 Å². The van der Waals surface area contributed by atoms with Gasteiger partial charge in [0.2, 0.25) is 6.79 Å². The lowest BCUT2D eigenvalue weighted by molar-refractivity contribution is 0.174. The van der Waals surface area contributed by atoms with Gasteiger partial charge in [-0.05, 0) is 36.2 Å². The highest BCUT2D eigenvalue weighted by atomic mass is 35.5. The fourth-order valence-corrected chi connectivity index (χ4v) is 2.42. The lowest BCUT2D eigenvalue weighted by Gasteiger charge is -2.12. The van der Waals surface area contributed by atoms with Gasteiger partial charge < -0.3 is 9.47 Å². The molecule has 0 fully saturated rings. The molecule has 1 unspecified atom stereocenters. The van der Waals surface area contributed by atoms with Crippen molar-refractivity contribution < 1.29 is 18.3 Å². The van der Waals surface area contributed by atoms with E-state index in [1.807, 2.05) is 0 Å². The quantitative estimate of drug-likeness (QED) is 0.790. The molecule has 1 atom stereocenters. The van der Waals surface area contributed by atoms with Crippen LogP contribution in [0.5, 0.6) is 11.5 Å². The molecule has 20 heavy (non-hydrogen) atoms. The molecule has 0 aliphatic carbocycles. The predicted molar refractivity (Wildman–Crippen MR) is 71.2 cm³/mol. The molecular weight excluding hydrogens is 286 g/mol. The Hall–Kier alpha value is -1.81. The molecule has 2 aromatic rings. The van der Waals surface area contributed by atoms with Crippen molar-refractivity contribution in [3.05, 3.63) is 59.2 Å². The molecule has 1 aliphatic rings. The van der Waals surface area contributed by atoms with Crippen LogP contribution >= 0.6 is 11.6 Å². The van der Waals surface area contributed by atoms with Gasteiger partial charge in [0.15, 0.2) is 11.5 Å². The molecule has 0 radical (unpaired) electrons. The zero-order chi connectivity index (χ0) is 14.1. The number of ether oxygens (including phenoxy) is 2. The molecule has 5 heteroatoms.